The molecule has 0 aliphatic carbocycles. The molecular formula is C33H51BN2O6. The number of nitrogens with zero attached hydrogens (tertiary/aromatic N) is 2. The Morgan fingerprint density at radius 1 is 0.548 bits per heavy atom. The van der Waals surface area contributed by atoms with Crippen molar-refractivity contribution in [3.63, 3.8) is 0 Å². The van der Waals surface area contributed by atoms with Gasteiger partial charge in [-0.2, -0.15) is 0 Å². The van der Waals surface area contributed by atoms with E-state index in [4.69, 9.17) is 18.9 Å². The highest BCUT2D eigenvalue weighted by Crippen LogP contribution is 2.44. The Balaban J connectivity index is 0.000000759. The number of hydrogen-bond donors (Lipinski definition) is 0. The summed E-state index contributed by atoms with van der Waals surface area (Å²) in [6.45, 7) is 0.0852. The van der Waals surface area contributed by atoms with Gasteiger partial charge in [0.2, 0.25) is 0 Å². The van der Waals surface area contributed by atoms with Gasteiger partial charge in [0.15, 0.2) is 0 Å². The molecule has 0 aromatic heterocycles. The molecule has 0 aliphatic rings. The summed E-state index contributed by atoms with van der Waals surface area (Å²) in [5, 5.41) is 21.7. The molecule has 0 saturated heterocycles. The standard InChI is InChI=1S/C25H27BO6.2C4H12N/c1-29-22-11-5-19(6-12-22)25(17-4-18-32-26(27)28,20-7-13-23(30-2)14-8-20)21-9-15-24(31-3)16-10-21;2*1-5(2,3)4/h5-16H,4,17-18H2,1-3H3;2*1-4H3/q-2;2*+1. The minimum absolute atomic E-state index is 0.0852. The van der Waals surface area contributed by atoms with Crippen LogP contribution in [0.4, 0.5) is 0 Å². The summed E-state index contributed by atoms with van der Waals surface area (Å²) in [5.41, 5.74) is 2.59. The van der Waals surface area contributed by atoms with E-state index < -0.39 is 12.7 Å². The molecule has 3 aromatic rings. The van der Waals surface area contributed by atoms with Crippen molar-refractivity contribution >= 4 is 7.32 Å². The van der Waals surface area contributed by atoms with Crippen molar-refractivity contribution < 1.29 is 37.9 Å². The smallest absolute Gasteiger partial charge is 0.118 e. The van der Waals surface area contributed by atoms with E-state index in [-0.39, 0.29) is 6.61 Å². The lowest BCUT2D eigenvalue weighted by atomic mass is 9.66. The summed E-state index contributed by atoms with van der Waals surface area (Å²) in [7, 11) is 19.6. The van der Waals surface area contributed by atoms with Crippen LogP contribution in [0.2, 0.25) is 0 Å². The van der Waals surface area contributed by atoms with Gasteiger partial charge < -0.3 is 37.9 Å². The van der Waals surface area contributed by atoms with Gasteiger partial charge in [-0.05, 0) is 65.9 Å². The van der Waals surface area contributed by atoms with Crippen molar-refractivity contribution in [2.24, 2.45) is 0 Å². The average molecular weight is 583 g/mol. The van der Waals surface area contributed by atoms with Crippen molar-refractivity contribution in [2.75, 3.05) is 84.3 Å². The number of hydrogen-bond acceptors (Lipinski definition) is 6. The minimum atomic E-state index is -2.28. The molecule has 0 atom stereocenters. The Kier molecular flexibility index (Phi) is 15.1. The van der Waals surface area contributed by atoms with Gasteiger partial charge in [0.25, 0.3) is 0 Å². The monoisotopic (exact) mass is 582 g/mol. The summed E-state index contributed by atoms with van der Waals surface area (Å²) >= 11 is 0. The van der Waals surface area contributed by atoms with Crippen LogP contribution in [0.3, 0.4) is 0 Å². The molecule has 3 rings (SSSR count). The first-order valence-corrected chi connectivity index (χ1v) is 14.0. The molecule has 0 fully saturated rings. The van der Waals surface area contributed by atoms with Crippen LogP contribution in [-0.2, 0) is 10.1 Å². The lowest BCUT2D eigenvalue weighted by molar-refractivity contribution is -0.849. The third kappa shape index (κ3) is 13.7. The zero-order valence-corrected chi connectivity index (χ0v) is 27.5. The first-order chi connectivity index (χ1) is 19.5. The van der Waals surface area contributed by atoms with Gasteiger partial charge in [-0.3, -0.25) is 0 Å². The van der Waals surface area contributed by atoms with Crippen LogP contribution >= 0.6 is 0 Å². The van der Waals surface area contributed by atoms with Crippen LogP contribution < -0.4 is 24.3 Å². The zero-order valence-electron chi connectivity index (χ0n) is 27.5. The largest absolute Gasteiger partial charge is 0.871 e. The Morgan fingerprint density at radius 2 is 0.810 bits per heavy atom. The fourth-order valence-corrected chi connectivity index (χ4v) is 4.08. The van der Waals surface area contributed by atoms with Gasteiger partial charge in [-0.25, -0.2) is 0 Å². The second-order valence-corrected chi connectivity index (χ2v) is 12.7. The van der Waals surface area contributed by atoms with Crippen LogP contribution in [0.5, 0.6) is 17.2 Å². The molecule has 232 valence electrons. The maximum atomic E-state index is 10.9. The summed E-state index contributed by atoms with van der Waals surface area (Å²) in [5.74, 6) is 2.28. The molecule has 0 unspecified atom stereocenters. The molecule has 0 bridgehead atoms. The highest BCUT2D eigenvalue weighted by atomic mass is 16.6. The highest BCUT2D eigenvalue weighted by Gasteiger charge is 2.36. The Labute approximate surface area is 254 Å². The van der Waals surface area contributed by atoms with E-state index in [9.17, 15) is 10.0 Å². The fourth-order valence-electron chi connectivity index (χ4n) is 4.08. The number of methoxy groups -OCH3 is 3. The summed E-state index contributed by atoms with van der Waals surface area (Å²) < 4.78 is 22.9. The Hall–Kier alpha value is -3.08. The van der Waals surface area contributed by atoms with E-state index >= 15 is 0 Å². The molecule has 0 amide bonds. The van der Waals surface area contributed by atoms with Crippen molar-refractivity contribution in [3.05, 3.63) is 89.5 Å². The average Bonchev–Trinajstić information content (AvgIpc) is 2.92. The third-order valence-corrected chi connectivity index (χ3v) is 5.70. The molecule has 0 saturated carbocycles. The molecule has 0 aliphatic heterocycles. The molecule has 3 aromatic carbocycles. The third-order valence-electron chi connectivity index (χ3n) is 5.70. The molecule has 8 nitrogen and oxygen atoms in total. The van der Waals surface area contributed by atoms with Gasteiger partial charge in [0, 0.05) is 12.0 Å². The van der Waals surface area contributed by atoms with Crippen LogP contribution in [0.25, 0.3) is 0 Å². The normalized spacial score (nSPS) is 11.4. The summed E-state index contributed by atoms with van der Waals surface area (Å²) in [4.78, 5) is 0. The molecule has 0 N–H and O–H groups in total. The fraction of sp³-hybridized carbons (Fsp3) is 0.455. The number of quaternary nitrogens is 2. The molecule has 42 heavy (non-hydrogen) atoms. The predicted molar refractivity (Wildman–Crippen MR) is 168 cm³/mol. The van der Waals surface area contributed by atoms with E-state index in [0.717, 1.165) is 42.9 Å². The quantitative estimate of drug-likeness (QED) is 0.150. The molecule has 0 spiro atoms. The van der Waals surface area contributed by atoms with Gasteiger partial charge in [0.05, 0.1) is 85.0 Å². The van der Waals surface area contributed by atoms with Crippen molar-refractivity contribution in [3.8, 4) is 17.2 Å². The number of ether oxygens (including phenoxy) is 3. The zero-order chi connectivity index (χ0) is 32.0. The SMILES string of the molecule is COc1ccc(C(CCCOB([O-])[O-])(c2ccc(OC)cc2)c2ccc(OC)cc2)cc1.C[N+](C)(C)C.C[N+](C)(C)C. The molecule has 9 heteroatoms. The van der Waals surface area contributed by atoms with Crippen LogP contribution in [0.15, 0.2) is 72.8 Å². The number of benzene rings is 3. The minimum Gasteiger partial charge on any atom is -0.871 e. The maximum absolute atomic E-state index is 10.9. The molecule has 0 radical (unpaired) electrons. The lowest BCUT2D eigenvalue weighted by Gasteiger charge is -2.37. The van der Waals surface area contributed by atoms with Crippen LogP contribution in [-0.4, -0.2) is 101 Å². The van der Waals surface area contributed by atoms with E-state index in [1.807, 2.05) is 72.8 Å². The first kappa shape index (κ1) is 37.0. The molecule has 0 heterocycles. The highest BCUT2D eigenvalue weighted by molar-refractivity contribution is 6.28. The maximum Gasteiger partial charge on any atom is 0.118 e. The van der Waals surface area contributed by atoms with Crippen molar-refractivity contribution in [1.29, 1.82) is 0 Å². The van der Waals surface area contributed by atoms with Crippen molar-refractivity contribution in [1.82, 2.24) is 0 Å². The van der Waals surface area contributed by atoms with Crippen LogP contribution in [0.1, 0.15) is 29.5 Å². The second kappa shape index (κ2) is 17.1. The second-order valence-electron chi connectivity index (χ2n) is 12.7. The van der Waals surface area contributed by atoms with Crippen LogP contribution in [0, 0.1) is 0 Å². The predicted octanol–water partition coefficient (Wildman–Crippen LogP) is 3.19. The lowest BCUT2D eigenvalue weighted by Crippen LogP contribution is -2.48. The van der Waals surface area contributed by atoms with Gasteiger partial charge in [-0.1, -0.05) is 36.4 Å². The number of rotatable bonds is 11. The summed E-state index contributed by atoms with van der Waals surface area (Å²) in [6.07, 6.45) is 1.13. The van der Waals surface area contributed by atoms with Crippen molar-refractivity contribution in [2.45, 2.75) is 18.3 Å². The topological polar surface area (TPSA) is 83.0 Å². The van der Waals surface area contributed by atoms with Gasteiger partial charge >= 0.3 is 0 Å². The van der Waals surface area contributed by atoms with E-state index in [1.54, 1.807) is 21.3 Å². The van der Waals surface area contributed by atoms with E-state index in [2.05, 4.69) is 56.4 Å². The Bertz CT molecular complexity index is 1000. The molecular weight excluding hydrogens is 531 g/mol. The van der Waals surface area contributed by atoms with Gasteiger partial charge in [-0.15, -0.1) is 0 Å². The first-order valence-electron chi connectivity index (χ1n) is 14.0. The van der Waals surface area contributed by atoms with E-state index in [0.29, 0.717) is 12.8 Å². The van der Waals surface area contributed by atoms with E-state index in [1.165, 1.54) is 0 Å². The van der Waals surface area contributed by atoms with Gasteiger partial charge in [0.1, 0.15) is 17.2 Å². The summed E-state index contributed by atoms with van der Waals surface area (Å²) in [6, 6.07) is 23.8. The Morgan fingerprint density at radius 3 is 1.02 bits per heavy atom.